The Balaban J connectivity index is 2.63. The molecule has 0 atom stereocenters. The maximum absolute atomic E-state index is 10.9. The minimum Gasteiger partial charge on any atom is -0.492 e. The van der Waals surface area contributed by atoms with E-state index in [9.17, 15) is 4.79 Å². The summed E-state index contributed by atoms with van der Waals surface area (Å²) in [4.78, 5) is 10.9. The van der Waals surface area contributed by atoms with Gasteiger partial charge in [0.1, 0.15) is 12.0 Å². The molecule has 0 aromatic heterocycles. The summed E-state index contributed by atoms with van der Waals surface area (Å²) < 4.78 is 5.58. The monoisotopic (exact) mass is 288 g/mol. The highest BCUT2D eigenvalue weighted by molar-refractivity contribution is 8.16. The van der Waals surface area contributed by atoms with Crippen LogP contribution in [-0.2, 0) is 4.08 Å². The average Bonchev–Trinajstić information content (AvgIpc) is 2.38. The molecular formula is C12H13ClO2S2. The minimum absolute atomic E-state index is 0.0593. The molecule has 0 unspecified atom stereocenters. The number of hydrogen-bond donors (Lipinski definition) is 0. The quantitative estimate of drug-likeness (QED) is 0.624. The molecule has 1 heterocycles. The molecule has 5 heteroatoms. The lowest BCUT2D eigenvalue weighted by Gasteiger charge is -2.36. The fourth-order valence-electron chi connectivity index (χ4n) is 2.04. The molecule has 2 rings (SSSR count). The fourth-order valence-corrected chi connectivity index (χ4v) is 4.31. The van der Waals surface area contributed by atoms with Crippen molar-refractivity contribution in [2.45, 2.75) is 10.5 Å². The zero-order chi connectivity index (χ0) is 12.5. The number of aldehydes is 1. The Morgan fingerprint density at radius 3 is 2.71 bits per heavy atom. The molecule has 0 fully saturated rings. The highest BCUT2D eigenvalue weighted by Crippen LogP contribution is 2.54. The van der Waals surface area contributed by atoms with Crippen molar-refractivity contribution < 1.29 is 9.53 Å². The summed E-state index contributed by atoms with van der Waals surface area (Å²) in [6.07, 6.45) is 5.90. The second-order valence-corrected chi connectivity index (χ2v) is 6.63. The van der Waals surface area contributed by atoms with E-state index in [1.165, 1.54) is 0 Å². The predicted octanol–water partition coefficient (Wildman–Crippen LogP) is 3.81. The van der Waals surface area contributed by atoms with E-state index in [-0.39, 0.29) is 4.08 Å². The summed E-state index contributed by atoms with van der Waals surface area (Å²) in [6, 6.07) is 3.55. The molecule has 0 N–H and O–H groups in total. The first kappa shape index (κ1) is 13.1. The van der Waals surface area contributed by atoms with E-state index in [2.05, 4.69) is 12.5 Å². The molecule has 0 radical (unpaired) electrons. The van der Waals surface area contributed by atoms with E-state index in [0.29, 0.717) is 17.2 Å². The summed E-state index contributed by atoms with van der Waals surface area (Å²) in [7, 11) is 0. The Bertz CT molecular complexity index is 444. The van der Waals surface area contributed by atoms with Gasteiger partial charge in [-0.2, -0.15) is 0 Å². The van der Waals surface area contributed by atoms with Crippen molar-refractivity contribution in [1.82, 2.24) is 0 Å². The number of benzene rings is 1. The van der Waals surface area contributed by atoms with Gasteiger partial charge in [-0.05, 0) is 24.6 Å². The maximum Gasteiger partial charge on any atom is 0.150 e. The molecule has 1 aliphatic heterocycles. The average molecular weight is 289 g/mol. The zero-order valence-electron chi connectivity index (χ0n) is 9.66. The molecule has 0 spiro atoms. The second-order valence-electron chi connectivity index (χ2n) is 3.76. The zero-order valence-corrected chi connectivity index (χ0v) is 12.0. The Hall–Kier alpha value is -0.320. The molecular weight excluding hydrogens is 276 g/mol. The number of ether oxygens (including phenoxy) is 1. The topological polar surface area (TPSA) is 26.3 Å². The van der Waals surface area contributed by atoms with Crippen molar-refractivity contribution in [3.8, 4) is 5.75 Å². The number of carbonyl (C=O) groups is 1. The molecule has 1 aliphatic rings. The van der Waals surface area contributed by atoms with Crippen LogP contribution in [0.1, 0.15) is 22.3 Å². The van der Waals surface area contributed by atoms with Gasteiger partial charge in [0, 0.05) is 17.5 Å². The molecule has 0 amide bonds. The van der Waals surface area contributed by atoms with Gasteiger partial charge >= 0.3 is 0 Å². The highest BCUT2D eigenvalue weighted by atomic mass is 35.5. The Kier molecular flexibility index (Phi) is 3.95. The van der Waals surface area contributed by atoms with Gasteiger partial charge in [-0.25, -0.2) is 0 Å². The van der Waals surface area contributed by atoms with Crippen LogP contribution in [0.5, 0.6) is 5.75 Å². The van der Waals surface area contributed by atoms with Gasteiger partial charge in [-0.1, -0.05) is 11.6 Å². The standard InChI is InChI=1S/C12H13ClO2S2/c1-16-12(17-2)3-4-15-11-9(12)5-8(7-14)6-10(11)13/h5-7H,3-4H2,1-2H3. The largest absolute Gasteiger partial charge is 0.492 e. The van der Waals surface area contributed by atoms with Crippen molar-refractivity contribution in [1.29, 1.82) is 0 Å². The first-order chi connectivity index (χ1) is 8.16. The summed E-state index contributed by atoms with van der Waals surface area (Å²) in [5, 5.41) is 0.525. The van der Waals surface area contributed by atoms with Crippen molar-refractivity contribution in [3.05, 3.63) is 28.3 Å². The smallest absolute Gasteiger partial charge is 0.150 e. The summed E-state index contributed by atoms with van der Waals surface area (Å²) in [5.74, 6) is 0.729. The molecule has 0 bridgehead atoms. The lowest BCUT2D eigenvalue weighted by atomic mass is 10.0. The van der Waals surface area contributed by atoms with E-state index in [4.69, 9.17) is 16.3 Å². The Morgan fingerprint density at radius 2 is 2.12 bits per heavy atom. The maximum atomic E-state index is 10.9. The van der Waals surface area contributed by atoms with Gasteiger partial charge in [0.25, 0.3) is 0 Å². The molecule has 2 nitrogen and oxygen atoms in total. The summed E-state index contributed by atoms with van der Waals surface area (Å²) in [6.45, 7) is 0.662. The van der Waals surface area contributed by atoms with Crippen LogP contribution in [0.15, 0.2) is 12.1 Å². The van der Waals surface area contributed by atoms with Gasteiger partial charge in [-0.15, -0.1) is 23.5 Å². The van der Waals surface area contributed by atoms with Crippen LogP contribution in [0.3, 0.4) is 0 Å². The first-order valence-corrected chi connectivity index (χ1v) is 8.02. The predicted molar refractivity (Wildman–Crippen MR) is 75.7 cm³/mol. The van der Waals surface area contributed by atoms with Crippen LogP contribution in [0.4, 0.5) is 0 Å². The highest BCUT2D eigenvalue weighted by Gasteiger charge is 2.37. The lowest BCUT2D eigenvalue weighted by Crippen LogP contribution is -2.26. The number of thioether (sulfide) groups is 2. The summed E-state index contributed by atoms with van der Waals surface area (Å²) in [5.41, 5.74) is 1.63. The van der Waals surface area contributed by atoms with Crippen LogP contribution in [0.2, 0.25) is 5.02 Å². The third-order valence-electron chi connectivity index (χ3n) is 2.95. The van der Waals surface area contributed by atoms with E-state index < -0.39 is 0 Å². The molecule has 1 aromatic carbocycles. The molecule has 1 aromatic rings. The number of carbonyl (C=O) groups excluding carboxylic acids is 1. The molecule has 92 valence electrons. The molecule has 17 heavy (non-hydrogen) atoms. The lowest BCUT2D eigenvalue weighted by molar-refractivity contribution is 0.112. The van der Waals surface area contributed by atoms with Gasteiger partial charge in [0.15, 0.2) is 0 Å². The molecule has 0 aliphatic carbocycles. The van der Waals surface area contributed by atoms with Crippen molar-refractivity contribution in [2.75, 3.05) is 19.1 Å². The van der Waals surface area contributed by atoms with E-state index in [1.807, 2.05) is 6.07 Å². The Morgan fingerprint density at radius 1 is 1.41 bits per heavy atom. The van der Waals surface area contributed by atoms with E-state index >= 15 is 0 Å². The van der Waals surface area contributed by atoms with Crippen LogP contribution < -0.4 is 4.74 Å². The van der Waals surface area contributed by atoms with Crippen LogP contribution in [0, 0.1) is 0 Å². The van der Waals surface area contributed by atoms with Gasteiger partial charge in [0.2, 0.25) is 0 Å². The second kappa shape index (κ2) is 5.12. The van der Waals surface area contributed by atoms with Crippen LogP contribution >= 0.6 is 35.1 Å². The van der Waals surface area contributed by atoms with E-state index in [0.717, 1.165) is 24.0 Å². The van der Waals surface area contributed by atoms with Crippen LogP contribution in [0.25, 0.3) is 0 Å². The molecule has 0 saturated carbocycles. The van der Waals surface area contributed by atoms with Gasteiger partial charge < -0.3 is 4.74 Å². The van der Waals surface area contributed by atoms with E-state index in [1.54, 1.807) is 29.6 Å². The van der Waals surface area contributed by atoms with Crippen molar-refractivity contribution >= 4 is 41.4 Å². The third kappa shape index (κ3) is 2.18. The number of rotatable bonds is 3. The number of fused-ring (bicyclic) bond motifs is 1. The molecule has 0 saturated heterocycles. The minimum atomic E-state index is -0.0593. The summed E-state index contributed by atoms with van der Waals surface area (Å²) >= 11 is 9.71. The third-order valence-corrected chi connectivity index (χ3v) is 6.40. The normalized spacial score (nSPS) is 17.1. The van der Waals surface area contributed by atoms with Crippen molar-refractivity contribution in [2.24, 2.45) is 0 Å². The SMILES string of the molecule is CSC1(SC)CCOc2c(Cl)cc(C=O)cc21. The number of halogens is 1. The van der Waals surface area contributed by atoms with Crippen LogP contribution in [-0.4, -0.2) is 25.4 Å². The first-order valence-electron chi connectivity index (χ1n) is 5.19. The van der Waals surface area contributed by atoms with Gasteiger partial charge in [0.05, 0.1) is 15.7 Å². The van der Waals surface area contributed by atoms with Gasteiger partial charge in [-0.3, -0.25) is 4.79 Å². The number of hydrogen-bond acceptors (Lipinski definition) is 4. The van der Waals surface area contributed by atoms with Crippen molar-refractivity contribution in [3.63, 3.8) is 0 Å². The fraction of sp³-hybridized carbons (Fsp3) is 0.417. The Labute approximate surface area is 114 Å².